The van der Waals surface area contributed by atoms with E-state index in [1.54, 1.807) is 26.0 Å². The summed E-state index contributed by atoms with van der Waals surface area (Å²) in [4.78, 5) is 18.0. The van der Waals surface area contributed by atoms with Crippen LogP contribution in [0, 0.1) is 0 Å². The molecule has 2 heterocycles. The predicted octanol–water partition coefficient (Wildman–Crippen LogP) is 5.01. The van der Waals surface area contributed by atoms with Gasteiger partial charge in [-0.3, -0.25) is 4.79 Å². The topological polar surface area (TPSA) is 69.7 Å². The molecule has 1 amide bonds. The molecule has 1 N–H and O–H groups in total. The molecule has 1 aromatic carbocycles. The molecule has 1 aliphatic heterocycles. The van der Waals surface area contributed by atoms with Crippen molar-refractivity contribution in [2.45, 2.75) is 25.7 Å². The number of pyridine rings is 1. The van der Waals surface area contributed by atoms with E-state index in [0.29, 0.717) is 31.9 Å². The van der Waals surface area contributed by atoms with Crippen LogP contribution in [-0.4, -0.2) is 44.9 Å². The third kappa shape index (κ3) is 6.32. The average molecular weight is 429 g/mol. The molecule has 3 rings (SSSR count). The van der Waals surface area contributed by atoms with Gasteiger partial charge in [0.15, 0.2) is 0 Å². The van der Waals surface area contributed by atoms with E-state index < -0.39 is 0 Å². The Morgan fingerprint density at radius 3 is 2.83 bits per heavy atom. The lowest BCUT2D eigenvalue weighted by molar-refractivity contribution is -0.117. The van der Waals surface area contributed by atoms with E-state index in [1.807, 2.05) is 24.3 Å². The number of carbonyl (C=O) groups is 1. The number of rotatable bonds is 9. The van der Waals surface area contributed by atoms with Gasteiger partial charge in [0.2, 0.25) is 5.91 Å². The summed E-state index contributed by atoms with van der Waals surface area (Å²) in [6.07, 6.45) is 8.02. The molecule has 2 aromatic rings. The maximum absolute atomic E-state index is 12.1. The summed E-state index contributed by atoms with van der Waals surface area (Å²) in [5.74, 6) is 0.637. The highest BCUT2D eigenvalue weighted by molar-refractivity contribution is 8.10. The summed E-state index contributed by atoms with van der Waals surface area (Å²) in [6, 6.07) is 7.65. The van der Waals surface area contributed by atoms with Crippen LogP contribution in [-0.2, 0) is 14.3 Å². The van der Waals surface area contributed by atoms with Crippen LogP contribution in [0.15, 0.2) is 41.8 Å². The van der Waals surface area contributed by atoms with Gasteiger partial charge in [0.25, 0.3) is 0 Å². The fourth-order valence-corrected chi connectivity index (χ4v) is 3.86. The fourth-order valence-electron chi connectivity index (χ4n) is 3.04. The zero-order valence-corrected chi connectivity index (χ0v) is 18.3. The van der Waals surface area contributed by atoms with Gasteiger partial charge in [-0.2, -0.15) is 0 Å². The molecule has 0 fully saturated rings. The molecule has 0 unspecified atom stereocenters. The molecule has 0 spiro atoms. The molecule has 0 saturated heterocycles. The minimum atomic E-state index is -0.0921. The molecule has 1 aliphatic rings. The lowest BCUT2D eigenvalue weighted by Gasteiger charge is -2.14. The average Bonchev–Trinajstić information content (AvgIpc) is 2.72. The van der Waals surface area contributed by atoms with E-state index in [-0.39, 0.29) is 5.91 Å². The van der Waals surface area contributed by atoms with E-state index in [4.69, 9.17) is 19.2 Å². The molecule has 0 bridgehead atoms. The summed E-state index contributed by atoms with van der Waals surface area (Å²) in [6.45, 7) is 1.31. The van der Waals surface area contributed by atoms with Crippen molar-refractivity contribution in [3.8, 4) is 5.75 Å². The van der Waals surface area contributed by atoms with Crippen LogP contribution in [0.25, 0.3) is 15.8 Å². The lowest BCUT2D eigenvalue weighted by Crippen LogP contribution is -2.13. The zero-order chi connectivity index (χ0) is 21.2. The number of carbonyl (C=O) groups excluding carboxylic acids is 1. The van der Waals surface area contributed by atoms with Crippen LogP contribution in [0.1, 0.15) is 31.4 Å². The quantitative estimate of drug-likeness (QED) is 0.567. The molecule has 0 radical (unpaired) electrons. The number of benzene rings is 1. The number of fused-ring (bicyclic) bond motifs is 1. The SMILES string of the molecule is COCCOc1cc(/C2=C/CCC/C=C/S2)nc2ccc(NC(=O)CCOC)cc12. The first kappa shape index (κ1) is 22.3. The van der Waals surface area contributed by atoms with Gasteiger partial charge in [-0.1, -0.05) is 23.9 Å². The van der Waals surface area contributed by atoms with Crippen molar-refractivity contribution in [1.29, 1.82) is 0 Å². The fraction of sp³-hybridized carbons (Fsp3) is 0.391. The van der Waals surface area contributed by atoms with Gasteiger partial charge in [-0.25, -0.2) is 4.98 Å². The first-order valence-corrected chi connectivity index (χ1v) is 11.0. The number of nitrogens with one attached hydrogen (secondary N) is 1. The summed E-state index contributed by atoms with van der Waals surface area (Å²) in [5, 5.41) is 5.88. The van der Waals surface area contributed by atoms with Gasteiger partial charge in [-0.05, 0) is 42.9 Å². The Balaban J connectivity index is 1.93. The second-order valence-electron chi connectivity index (χ2n) is 6.86. The second-order valence-corrected chi connectivity index (χ2v) is 7.81. The number of thioether (sulfide) groups is 1. The molecular formula is C23H28N2O4S. The van der Waals surface area contributed by atoms with Crippen molar-refractivity contribution < 1.29 is 19.0 Å². The van der Waals surface area contributed by atoms with Crippen molar-refractivity contribution in [2.75, 3.05) is 39.4 Å². The number of methoxy groups -OCH3 is 2. The largest absolute Gasteiger partial charge is 0.490 e. The van der Waals surface area contributed by atoms with E-state index >= 15 is 0 Å². The first-order valence-electron chi connectivity index (χ1n) is 10.1. The minimum Gasteiger partial charge on any atom is -0.490 e. The predicted molar refractivity (Wildman–Crippen MR) is 123 cm³/mol. The number of ether oxygens (including phenoxy) is 3. The number of anilines is 1. The molecule has 6 nitrogen and oxygen atoms in total. The monoisotopic (exact) mass is 428 g/mol. The van der Waals surface area contributed by atoms with Crippen molar-refractivity contribution in [3.63, 3.8) is 0 Å². The van der Waals surface area contributed by atoms with Gasteiger partial charge in [0.1, 0.15) is 12.4 Å². The van der Waals surface area contributed by atoms with Crippen LogP contribution in [0.5, 0.6) is 5.75 Å². The van der Waals surface area contributed by atoms with Crippen molar-refractivity contribution in [2.24, 2.45) is 0 Å². The number of hydrogen-bond donors (Lipinski definition) is 1. The van der Waals surface area contributed by atoms with Gasteiger partial charge in [0, 0.05) is 36.3 Å². The number of aromatic nitrogens is 1. The number of allylic oxidation sites excluding steroid dienone is 2. The number of nitrogens with zero attached hydrogens (tertiary/aromatic N) is 1. The molecule has 0 aliphatic carbocycles. The van der Waals surface area contributed by atoms with Crippen molar-refractivity contribution in [3.05, 3.63) is 47.5 Å². The highest BCUT2D eigenvalue weighted by Crippen LogP contribution is 2.35. The third-order valence-corrected chi connectivity index (χ3v) is 5.54. The van der Waals surface area contributed by atoms with Crippen LogP contribution in [0.4, 0.5) is 5.69 Å². The Bertz CT molecular complexity index is 927. The Morgan fingerprint density at radius 1 is 1.13 bits per heavy atom. The van der Waals surface area contributed by atoms with Crippen LogP contribution in [0.2, 0.25) is 0 Å². The molecular weight excluding hydrogens is 400 g/mol. The molecule has 0 saturated carbocycles. The molecule has 1 aromatic heterocycles. The Kier molecular flexibility index (Phi) is 8.74. The van der Waals surface area contributed by atoms with E-state index in [0.717, 1.165) is 46.5 Å². The van der Waals surface area contributed by atoms with Crippen molar-refractivity contribution in [1.82, 2.24) is 4.98 Å². The summed E-state index contributed by atoms with van der Waals surface area (Å²) < 4.78 is 16.1. The van der Waals surface area contributed by atoms with Gasteiger partial charge in [0.05, 0.1) is 30.8 Å². The lowest BCUT2D eigenvalue weighted by atomic mass is 10.1. The van der Waals surface area contributed by atoms with Crippen LogP contribution in [0.3, 0.4) is 0 Å². The Labute approximate surface area is 181 Å². The maximum Gasteiger partial charge on any atom is 0.226 e. The van der Waals surface area contributed by atoms with E-state index in [9.17, 15) is 4.79 Å². The minimum absolute atomic E-state index is 0.0921. The smallest absolute Gasteiger partial charge is 0.226 e. The van der Waals surface area contributed by atoms with Gasteiger partial charge in [-0.15, -0.1) is 0 Å². The Morgan fingerprint density at radius 2 is 2.00 bits per heavy atom. The maximum atomic E-state index is 12.1. The zero-order valence-electron chi connectivity index (χ0n) is 17.5. The second kappa shape index (κ2) is 11.7. The van der Waals surface area contributed by atoms with Crippen molar-refractivity contribution >= 4 is 39.2 Å². The molecule has 30 heavy (non-hydrogen) atoms. The van der Waals surface area contributed by atoms with Crippen LogP contribution >= 0.6 is 11.8 Å². The van der Waals surface area contributed by atoms with Crippen LogP contribution < -0.4 is 10.1 Å². The molecule has 0 atom stereocenters. The molecule has 7 heteroatoms. The first-order chi connectivity index (χ1) is 14.7. The third-order valence-electron chi connectivity index (χ3n) is 4.58. The van der Waals surface area contributed by atoms with Gasteiger partial charge >= 0.3 is 0 Å². The Hall–Kier alpha value is -2.35. The highest BCUT2D eigenvalue weighted by Gasteiger charge is 2.13. The standard InChI is InChI=1S/C23H28N2O4S/c1-27-11-10-23(26)24-17-8-9-19-18(15-17)21(29-13-12-28-2)16-20(25-19)22-7-5-3-4-6-14-30-22/h6-9,14-16H,3-5,10-13H2,1-2H3,(H,24,26)/b14-6+,22-7-. The summed E-state index contributed by atoms with van der Waals surface area (Å²) in [7, 11) is 3.23. The van der Waals surface area contributed by atoms with E-state index in [2.05, 4.69) is 22.9 Å². The highest BCUT2D eigenvalue weighted by atomic mass is 32.2. The number of amides is 1. The normalized spacial score (nSPS) is 16.9. The van der Waals surface area contributed by atoms with Gasteiger partial charge < -0.3 is 19.5 Å². The summed E-state index contributed by atoms with van der Waals surface area (Å²) in [5.41, 5.74) is 2.42. The van der Waals surface area contributed by atoms with E-state index in [1.165, 1.54) is 0 Å². The number of hydrogen-bond acceptors (Lipinski definition) is 6. The molecule has 160 valence electrons. The summed E-state index contributed by atoms with van der Waals surface area (Å²) >= 11 is 1.68.